The van der Waals surface area contributed by atoms with Gasteiger partial charge < -0.3 is 10.2 Å². The Labute approximate surface area is 150 Å². The first kappa shape index (κ1) is 15.0. The zero-order valence-electron chi connectivity index (χ0n) is 14.0. The molecule has 0 unspecified atom stereocenters. The van der Waals surface area contributed by atoms with Gasteiger partial charge in [0.25, 0.3) is 0 Å². The zero-order valence-corrected chi connectivity index (χ0v) is 14.0. The fourth-order valence-electron chi connectivity index (χ4n) is 3.42. The predicted molar refractivity (Wildman–Crippen MR) is 99.3 cm³/mol. The number of hydrogen-bond donors (Lipinski definition) is 1. The van der Waals surface area contributed by atoms with Crippen molar-refractivity contribution in [1.29, 1.82) is 0 Å². The lowest BCUT2D eigenvalue weighted by Crippen LogP contribution is -2.18. The highest BCUT2D eigenvalue weighted by Gasteiger charge is 2.23. The summed E-state index contributed by atoms with van der Waals surface area (Å²) in [5, 5.41) is 3.32. The minimum atomic E-state index is -0.168. The number of hydrogen-bond acceptors (Lipinski definition) is 5. The average Bonchev–Trinajstić information content (AvgIpc) is 3.29. The van der Waals surface area contributed by atoms with E-state index in [4.69, 9.17) is 0 Å². The summed E-state index contributed by atoms with van der Waals surface area (Å²) in [5.74, 6) is 1.13. The molecule has 5 rings (SSSR count). The van der Waals surface area contributed by atoms with Gasteiger partial charge in [0.15, 0.2) is 0 Å². The summed E-state index contributed by atoms with van der Waals surface area (Å²) in [7, 11) is 0. The van der Waals surface area contributed by atoms with Crippen LogP contribution >= 0.6 is 0 Å². The van der Waals surface area contributed by atoms with E-state index in [9.17, 15) is 4.39 Å². The molecular formula is C20H16FN5. The highest BCUT2D eigenvalue weighted by Crippen LogP contribution is 2.29. The van der Waals surface area contributed by atoms with Crippen molar-refractivity contribution >= 4 is 23.7 Å². The van der Waals surface area contributed by atoms with Gasteiger partial charge in [-0.1, -0.05) is 18.2 Å². The Morgan fingerprint density at radius 2 is 2.00 bits per heavy atom. The highest BCUT2D eigenvalue weighted by molar-refractivity contribution is 5.86. The van der Waals surface area contributed by atoms with Crippen LogP contribution in [0.15, 0.2) is 53.7 Å². The van der Waals surface area contributed by atoms with Crippen LogP contribution in [-0.2, 0) is 19.6 Å². The van der Waals surface area contributed by atoms with Crippen LogP contribution in [0.1, 0.15) is 22.3 Å². The molecule has 0 spiro atoms. The van der Waals surface area contributed by atoms with Crippen molar-refractivity contribution in [2.24, 2.45) is 4.99 Å². The third-order valence-corrected chi connectivity index (χ3v) is 4.76. The van der Waals surface area contributed by atoms with Gasteiger partial charge in [0.1, 0.15) is 11.6 Å². The van der Waals surface area contributed by atoms with E-state index in [0.29, 0.717) is 24.9 Å². The van der Waals surface area contributed by atoms with Crippen molar-refractivity contribution < 1.29 is 4.39 Å². The number of benzene rings is 2. The molecule has 0 saturated carbocycles. The second-order valence-electron chi connectivity index (χ2n) is 6.48. The molecule has 0 aliphatic carbocycles. The molecule has 128 valence electrons. The first-order chi connectivity index (χ1) is 12.8. The summed E-state index contributed by atoms with van der Waals surface area (Å²) in [5.41, 5.74) is 5.04. The molecule has 0 saturated heterocycles. The molecule has 6 heteroatoms. The van der Waals surface area contributed by atoms with E-state index in [2.05, 4.69) is 32.4 Å². The number of anilines is 3. The van der Waals surface area contributed by atoms with Crippen molar-refractivity contribution in [2.45, 2.75) is 19.6 Å². The lowest BCUT2D eigenvalue weighted by atomic mass is 10.1. The predicted octanol–water partition coefficient (Wildman–Crippen LogP) is 3.81. The second kappa shape index (κ2) is 5.91. The quantitative estimate of drug-likeness (QED) is 0.784. The van der Waals surface area contributed by atoms with Crippen molar-refractivity contribution in [3.63, 3.8) is 0 Å². The number of nitrogens with one attached hydrogen (secondary N) is 1. The highest BCUT2D eigenvalue weighted by atomic mass is 19.1. The second-order valence-corrected chi connectivity index (χ2v) is 6.48. The Morgan fingerprint density at radius 3 is 2.92 bits per heavy atom. The molecule has 2 aromatic carbocycles. The lowest BCUT2D eigenvalue weighted by molar-refractivity contribution is 0.612. The summed E-state index contributed by atoms with van der Waals surface area (Å²) in [4.78, 5) is 15.2. The molecule has 2 aliphatic rings. The van der Waals surface area contributed by atoms with Gasteiger partial charge in [0.05, 0.1) is 6.54 Å². The number of fused-ring (bicyclic) bond motifs is 2. The van der Waals surface area contributed by atoms with E-state index in [1.54, 1.807) is 12.3 Å². The molecule has 0 bridgehead atoms. The fraction of sp³-hybridized carbons (Fsp3) is 0.150. The molecule has 26 heavy (non-hydrogen) atoms. The maximum absolute atomic E-state index is 14.0. The number of halogens is 1. The molecule has 2 aliphatic heterocycles. The molecule has 0 radical (unpaired) electrons. The Balaban J connectivity index is 1.38. The first-order valence-electron chi connectivity index (χ1n) is 8.50. The van der Waals surface area contributed by atoms with Crippen LogP contribution in [0.5, 0.6) is 0 Å². The standard InChI is InChI=1S/C20H16FN5/c21-18-3-1-2-14-11-26(12-17(14)18)20-23-7-6-19(25-20)24-16-5-4-13-9-22-10-15(13)8-16/h1-8,10H,9,11-12H2,(H,23,24,25). The van der Waals surface area contributed by atoms with Gasteiger partial charge in [-0.25, -0.2) is 9.37 Å². The van der Waals surface area contributed by atoms with E-state index in [0.717, 1.165) is 28.9 Å². The Kier molecular flexibility index (Phi) is 3.41. The molecule has 0 amide bonds. The largest absolute Gasteiger partial charge is 0.340 e. The number of nitrogens with zero attached hydrogens (tertiary/aromatic N) is 4. The van der Waals surface area contributed by atoms with Crippen molar-refractivity contribution in [3.8, 4) is 0 Å². The minimum Gasteiger partial charge on any atom is -0.340 e. The Hall–Kier alpha value is -3.28. The van der Waals surface area contributed by atoms with Gasteiger partial charge in [0.2, 0.25) is 5.95 Å². The van der Waals surface area contributed by atoms with Crippen LogP contribution in [0.4, 0.5) is 21.8 Å². The summed E-state index contributed by atoms with van der Waals surface area (Å²) < 4.78 is 14.0. The summed E-state index contributed by atoms with van der Waals surface area (Å²) in [6.45, 7) is 1.85. The minimum absolute atomic E-state index is 0.168. The maximum Gasteiger partial charge on any atom is 0.227 e. The molecule has 0 atom stereocenters. The van der Waals surface area contributed by atoms with E-state index in [1.165, 1.54) is 11.6 Å². The number of aromatic nitrogens is 2. The third-order valence-electron chi connectivity index (χ3n) is 4.76. The van der Waals surface area contributed by atoms with Gasteiger partial charge in [-0.2, -0.15) is 4.98 Å². The molecule has 3 aromatic rings. The lowest BCUT2D eigenvalue weighted by Gasteiger charge is -2.16. The van der Waals surface area contributed by atoms with E-state index >= 15 is 0 Å². The van der Waals surface area contributed by atoms with E-state index in [-0.39, 0.29) is 5.82 Å². The topological polar surface area (TPSA) is 53.4 Å². The van der Waals surface area contributed by atoms with Gasteiger partial charge in [-0.15, -0.1) is 0 Å². The molecular weight excluding hydrogens is 329 g/mol. The summed E-state index contributed by atoms with van der Waals surface area (Å²) in [6.07, 6.45) is 3.61. The number of rotatable bonds is 3. The van der Waals surface area contributed by atoms with Crippen molar-refractivity contribution in [1.82, 2.24) is 9.97 Å². The smallest absolute Gasteiger partial charge is 0.227 e. The molecule has 1 aromatic heterocycles. The molecule has 1 N–H and O–H groups in total. The maximum atomic E-state index is 14.0. The van der Waals surface area contributed by atoms with Crippen LogP contribution in [-0.4, -0.2) is 16.2 Å². The van der Waals surface area contributed by atoms with Crippen molar-refractivity contribution in [2.75, 3.05) is 10.2 Å². The van der Waals surface area contributed by atoms with Crippen LogP contribution in [0.3, 0.4) is 0 Å². The van der Waals surface area contributed by atoms with Crippen LogP contribution in [0, 0.1) is 5.82 Å². The fourth-order valence-corrected chi connectivity index (χ4v) is 3.42. The SMILES string of the molecule is Fc1cccc2c1CN(c1nccc(Nc3ccc4c(c3)C=NC4)n1)C2. The van der Waals surface area contributed by atoms with E-state index < -0.39 is 0 Å². The summed E-state index contributed by atoms with van der Waals surface area (Å²) in [6, 6.07) is 13.2. The first-order valence-corrected chi connectivity index (χ1v) is 8.50. The van der Waals surface area contributed by atoms with Gasteiger partial charge in [0, 0.05) is 36.8 Å². The van der Waals surface area contributed by atoms with Crippen LogP contribution < -0.4 is 10.2 Å². The van der Waals surface area contributed by atoms with Crippen LogP contribution in [0.25, 0.3) is 0 Å². The zero-order chi connectivity index (χ0) is 17.5. The molecule has 0 fully saturated rings. The molecule has 3 heterocycles. The Morgan fingerprint density at radius 1 is 1.04 bits per heavy atom. The third kappa shape index (κ3) is 2.60. The summed E-state index contributed by atoms with van der Waals surface area (Å²) >= 11 is 0. The van der Waals surface area contributed by atoms with Gasteiger partial charge in [-0.05, 0) is 41.0 Å². The van der Waals surface area contributed by atoms with Gasteiger partial charge >= 0.3 is 0 Å². The van der Waals surface area contributed by atoms with Gasteiger partial charge in [-0.3, -0.25) is 4.99 Å². The monoisotopic (exact) mass is 345 g/mol. The number of aliphatic imine (C=N–C) groups is 1. The Bertz CT molecular complexity index is 1030. The van der Waals surface area contributed by atoms with E-state index in [1.807, 2.05) is 29.3 Å². The normalized spacial score (nSPS) is 14.4. The average molecular weight is 345 g/mol. The van der Waals surface area contributed by atoms with Crippen molar-refractivity contribution in [3.05, 3.63) is 76.7 Å². The van der Waals surface area contributed by atoms with Crippen LogP contribution in [0.2, 0.25) is 0 Å². The molecule has 5 nitrogen and oxygen atoms in total.